The van der Waals surface area contributed by atoms with Gasteiger partial charge in [0.2, 0.25) is 0 Å². The molecule has 12 atom stereocenters. The Labute approximate surface area is 464 Å². The van der Waals surface area contributed by atoms with E-state index >= 15 is 0 Å². The van der Waals surface area contributed by atoms with Gasteiger partial charge in [-0.2, -0.15) is 0 Å². The maximum Gasteiger partial charge on any atom is 0.488 e. The fourth-order valence-electron chi connectivity index (χ4n) is 6.39. The predicted molar refractivity (Wildman–Crippen MR) is 281 cm³/mol. The molecule has 0 aromatic rings. The van der Waals surface area contributed by atoms with E-state index in [4.69, 9.17) is 0 Å². The Hall–Kier alpha value is 0.808. The minimum atomic E-state index is -2.65. The Balaban J connectivity index is -0.000000143. The number of hydrogen-bond acceptors (Lipinski definition) is 18. The molecule has 73 heavy (non-hydrogen) atoms. The van der Waals surface area contributed by atoms with Gasteiger partial charge in [-0.25, -0.2) is 0 Å². The van der Waals surface area contributed by atoms with Gasteiger partial charge in [0.15, 0.2) is 0 Å². The molecule has 0 saturated heterocycles. The zero-order chi connectivity index (χ0) is 56.4. The fraction of sp³-hybridized carbons (Fsp3) is 1.00. The smallest absolute Gasteiger partial charge is 0.488 e. The third-order valence-electron chi connectivity index (χ3n) is 11.8. The van der Waals surface area contributed by atoms with E-state index < -0.39 is 49.5 Å². The molecule has 0 fully saturated rings. The first-order chi connectivity index (χ1) is 34.2. The second-order valence-electron chi connectivity index (χ2n) is 17.6. The number of hydrogen-bond donors (Lipinski definition) is 0. The van der Waals surface area contributed by atoms with Crippen LogP contribution in [0.3, 0.4) is 0 Å². The average Bonchev–Trinajstić information content (AvgIpc) is 3.35. The van der Waals surface area contributed by atoms with Crippen LogP contribution < -0.4 is 29.4 Å². The van der Waals surface area contributed by atoms with Crippen LogP contribution in [0.1, 0.15) is 237 Å². The van der Waals surface area contributed by atoms with E-state index in [9.17, 15) is 56.8 Å². The van der Waals surface area contributed by atoms with Crippen LogP contribution in [0.15, 0.2) is 0 Å². The standard InChI is InChI=1S/6C8H17O3P.Mo/c6*1-3-5-6-8(4-2)7-11-12(9)10;/h6*8H,3-7H2,1-2H3;. The summed E-state index contributed by atoms with van der Waals surface area (Å²) in [5.41, 5.74) is 0. The van der Waals surface area contributed by atoms with Gasteiger partial charge >= 0.3 is 49.5 Å². The molecule has 0 N–H and O–H groups in total. The second kappa shape index (κ2) is 70.8. The second-order valence-corrected chi connectivity index (χ2v) is 21.8. The molecule has 0 amide bonds. The molecule has 0 aliphatic heterocycles. The molecule has 25 heteroatoms. The van der Waals surface area contributed by atoms with E-state index in [0.29, 0.717) is 75.1 Å². The van der Waals surface area contributed by atoms with Crippen LogP contribution >= 0.6 is 49.5 Å². The summed E-state index contributed by atoms with van der Waals surface area (Å²) in [6, 6.07) is 0. The van der Waals surface area contributed by atoms with E-state index in [2.05, 4.69) is 110 Å². The summed E-state index contributed by atoms with van der Waals surface area (Å²) in [5, 5.41) is 0. The van der Waals surface area contributed by atoms with Crippen molar-refractivity contribution in [3.8, 4) is 0 Å². The van der Waals surface area contributed by atoms with Crippen molar-refractivity contribution in [2.75, 3.05) is 39.6 Å². The number of rotatable bonds is 42. The molecule has 0 heterocycles. The first-order valence-corrected chi connectivity index (χ1v) is 33.4. The van der Waals surface area contributed by atoms with Crippen LogP contribution in [0.2, 0.25) is 0 Å². The summed E-state index contributed by atoms with van der Waals surface area (Å²) in [7, 11) is -15.9. The first-order valence-electron chi connectivity index (χ1n) is 26.9. The van der Waals surface area contributed by atoms with Gasteiger partial charge in [-0.1, -0.05) is 199 Å². The summed E-state index contributed by atoms with van der Waals surface area (Å²) in [5.74, 6) is 2.40. The van der Waals surface area contributed by atoms with E-state index in [0.717, 1.165) is 154 Å². The largest absolute Gasteiger partial charge is 0.566 e. The first kappa shape index (κ1) is 87.7. The summed E-state index contributed by atoms with van der Waals surface area (Å²) in [6.07, 6.45) is 26.1. The predicted octanol–water partition coefficient (Wildman–Crippen LogP) is 13.4. The van der Waals surface area contributed by atoms with Gasteiger partial charge in [-0.05, 0) is 101 Å². The van der Waals surface area contributed by atoms with Crippen molar-refractivity contribution < 1.29 is 105 Å². The van der Waals surface area contributed by atoms with Crippen LogP contribution in [0.5, 0.6) is 0 Å². The van der Waals surface area contributed by atoms with Gasteiger partial charge in [0.1, 0.15) is 39.6 Å². The van der Waals surface area contributed by atoms with E-state index in [-0.39, 0.29) is 21.1 Å². The van der Waals surface area contributed by atoms with Gasteiger partial charge in [0, 0.05) is 21.1 Å². The molecule has 0 radical (unpaired) electrons. The third kappa shape index (κ3) is 81.8. The monoisotopic (exact) mass is 1250 g/mol. The summed E-state index contributed by atoms with van der Waals surface area (Å²) >= 11 is 0. The van der Waals surface area contributed by atoms with Gasteiger partial charge in [-0.15, -0.1) is 27.1 Å². The van der Waals surface area contributed by atoms with Gasteiger partial charge in [0.05, 0.1) is 0 Å². The van der Waals surface area contributed by atoms with E-state index in [1.165, 1.54) is 0 Å². The van der Waals surface area contributed by atoms with Crippen molar-refractivity contribution in [3.63, 3.8) is 0 Å². The van der Waals surface area contributed by atoms with Crippen LogP contribution in [0, 0.1) is 35.5 Å². The van der Waals surface area contributed by atoms with E-state index in [1.54, 1.807) is 0 Å². The third-order valence-corrected chi connectivity index (χ3v) is 13.9. The Bertz CT molecular complexity index is 1010. The molecule has 18 nitrogen and oxygen atoms in total. The van der Waals surface area contributed by atoms with Crippen molar-refractivity contribution in [1.29, 1.82) is 0 Å². The minimum absolute atomic E-state index is 0. The molecule has 12 unspecified atom stereocenters. The fourth-order valence-corrected chi connectivity index (χ4v) is 8.38. The van der Waals surface area contributed by atoms with E-state index in [1.807, 2.05) is 0 Å². The quantitative estimate of drug-likeness (QED) is 0.0405. The molecule has 0 aliphatic rings. The zero-order valence-corrected chi connectivity index (χ0v) is 54.5. The topological polar surface area (TPSA) is 296 Å². The maximum absolute atomic E-state index is 10.1. The molecular formula is C48H102MoO18P6. The van der Waals surface area contributed by atoms with Crippen LogP contribution in [0.4, 0.5) is 0 Å². The van der Waals surface area contributed by atoms with Crippen LogP contribution in [0.25, 0.3) is 0 Å². The van der Waals surface area contributed by atoms with Gasteiger partial charge in [-0.3, -0.25) is 0 Å². The van der Waals surface area contributed by atoms with Crippen molar-refractivity contribution in [3.05, 3.63) is 0 Å². The molecule has 0 aromatic carbocycles. The van der Waals surface area contributed by atoms with Crippen LogP contribution in [-0.2, 0) is 75.6 Å². The molecule has 0 saturated carbocycles. The average molecular weight is 1250 g/mol. The van der Waals surface area contributed by atoms with Crippen molar-refractivity contribution in [2.45, 2.75) is 237 Å². The molecule has 438 valence electrons. The Morgan fingerprint density at radius 2 is 0.370 bits per heavy atom. The minimum Gasteiger partial charge on any atom is -0.566 e. The molecular weight excluding hydrogens is 1150 g/mol. The normalized spacial score (nSPS) is 14.2. The molecule has 0 spiro atoms. The molecule has 0 aromatic heterocycles. The maximum atomic E-state index is 10.1. The molecule has 0 rings (SSSR count). The van der Waals surface area contributed by atoms with Crippen molar-refractivity contribution >= 4 is 49.5 Å². The van der Waals surface area contributed by atoms with Crippen molar-refractivity contribution in [1.82, 2.24) is 0 Å². The number of unbranched alkanes of at least 4 members (excludes halogenated alkanes) is 6. The van der Waals surface area contributed by atoms with Crippen molar-refractivity contribution in [2.24, 2.45) is 35.5 Å². The molecule has 0 bridgehead atoms. The summed E-state index contributed by atoms with van der Waals surface area (Å²) < 4.78 is 87.9. The zero-order valence-electron chi connectivity index (χ0n) is 47.1. The SMILES string of the molecule is CCCCC(CC)CO[P+](=O)[O-].CCCCC(CC)CO[P+](=O)[O-].CCCCC(CC)CO[P+](=O)[O-].CCCCC(CC)CO[P+](=O)[O-].CCCCC(CC)CO[P+](=O)[O-].CCCCC(CC)CO[P+](=O)[O-].[Mo]. The Morgan fingerprint density at radius 3 is 0.438 bits per heavy atom. The Kier molecular flexibility index (Phi) is 85.0. The van der Waals surface area contributed by atoms with Crippen LogP contribution in [-0.4, -0.2) is 39.6 Å². The van der Waals surface area contributed by atoms with Gasteiger partial charge in [0.25, 0.3) is 0 Å². The Morgan fingerprint density at radius 1 is 0.260 bits per heavy atom. The molecule has 0 aliphatic carbocycles. The summed E-state index contributed by atoms with van der Waals surface area (Å²) in [4.78, 5) is 60.6. The summed E-state index contributed by atoms with van der Waals surface area (Å²) in [6.45, 7) is 27.2. The van der Waals surface area contributed by atoms with Gasteiger partial charge < -0.3 is 29.4 Å².